The first-order valence-electron chi connectivity index (χ1n) is 9.92. The summed E-state index contributed by atoms with van der Waals surface area (Å²) in [5, 5.41) is 3.74. The molecule has 2 bridgehead atoms. The average molecular weight is 371 g/mol. The number of nitrogens with zero attached hydrogens (tertiary/aromatic N) is 2. The Hall–Kier alpha value is -2.69. The Morgan fingerprint density at radius 3 is 2.39 bits per heavy atom. The third-order valence-corrected chi connectivity index (χ3v) is 6.05. The van der Waals surface area contributed by atoms with Crippen molar-refractivity contribution in [1.82, 2.24) is 15.2 Å². The van der Waals surface area contributed by atoms with Gasteiger partial charge < -0.3 is 10.1 Å². The second-order valence-corrected chi connectivity index (χ2v) is 7.81. The zero-order chi connectivity index (χ0) is 18.9. The molecule has 0 aliphatic carbocycles. The third kappa shape index (κ3) is 3.30. The number of fused-ring (bicyclic) bond motifs is 2. The number of rotatable bonds is 5. The Labute approximate surface area is 166 Å². The van der Waals surface area contributed by atoms with E-state index in [-0.39, 0.29) is 0 Å². The van der Waals surface area contributed by atoms with Gasteiger partial charge in [-0.05, 0) is 46.5 Å². The summed E-state index contributed by atoms with van der Waals surface area (Å²) in [6.45, 7) is 3.16. The van der Waals surface area contributed by atoms with Crippen LogP contribution in [0.25, 0.3) is 11.1 Å². The van der Waals surface area contributed by atoms with Crippen LogP contribution in [0.3, 0.4) is 0 Å². The minimum atomic E-state index is 0.538. The summed E-state index contributed by atoms with van der Waals surface area (Å²) in [4.78, 5) is 6.66. The molecule has 4 heteroatoms. The molecule has 0 radical (unpaired) electrons. The minimum Gasteiger partial charge on any atom is -0.497 e. The van der Waals surface area contributed by atoms with Crippen molar-refractivity contribution in [3.63, 3.8) is 0 Å². The van der Waals surface area contributed by atoms with Crippen LogP contribution in [0.2, 0.25) is 0 Å². The number of piperazine rings is 1. The fraction of sp³-hybridized carbons (Fsp3) is 0.292. The number of hydrogen-bond donors (Lipinski definition) is 1. The van der Waals surface area contributed by atoms with Crippen molar-refractivity contribution < 1.29 is 4.74 Å². The molecule has 1 aromatic heterocycles. The zero-order valence-electron chi connectivity index (χ0n) is 16.1. The lowest BCUT2D eigenvalue weighted by Gasteiger charge is -2.55. The van der Waals surface area contributed by atoms with Crippen LogP contribution in [-0.2, 0) is 6.54 Å². The molecule has 2 aromatic carbocycles. The van der Waals surface area contributed by atoms with Crippen LogP contribution in [0, 0.1) is 0 Å². The molecule has 3 aromatic rings. The monoisotopic (exact) mass is 371 g/mol. The lowest BCUT2D eigenvalue weighted by Crippen LogP contribution is -2.71. The van der Waals surface area contributed by atoms with Gasteiger partial charge in [0.05, 0.1) is 7.11 Å². The molecule has 1 unspecified atom stereocenters. The molecule has 6 rings (SSSR count). The van der Waals surface area contributed by atoms with Crippen LogP contribution in [0.15, 0.2) is 73.1 Å². The fourth-order valence-electron chi connectivity index (χ4n) is 4.67. The number of aromatic nitrogens is 1. The van der Waals surface area contributed by atoms with Crippen LogP contribution < -0.4 is 10.1 Å². The molecule has 3 fully saturated rings. The molecule has 28 heavy (non-hydrogen) atoms. The Balaban J connectivity index is 1.25. The predicted octanol–water partition coefficient (Wildman–Crippen LogP) is 3.70. The van der Waals surface area contributed by atoms with Crippen molar-refractivity contribution in [3.05, 3.63) is 84.2 Å². The Morgan fingerprint density at radius 1 is 0.964 bits per heavy atom. The van der Waals surface area contributed by atoms with Crippen LogP contribution in [0.5, 0.6) is 5.75 Å². The standard InChI is InChI=1S/C24H25N3O/c1-28-21-4-2-3-17(13-21)14-27-15-22-24(23(16-27)26-22)20-7-5-18(6-8-20)19-9-11-25-12-10-19/h2-13,22-24,26H,14-16H2,1H3/t22-,23+,24?. The zero-order valence-corrected chi connectivity index (χ0v) is 16.1. The number of ether oxygens (including phenoxy) is 1. The summed E-state index contributed by atoms with van der Waals surface area (Å²) in [5.74, 6) is 1.55. The van der Waals surface area contributed by atoms with Gasteiger partial charge in [0, 0.05) is 50.0 Å². The molecule has 0 spiro atoms. The average Bonchev–Trinajstić information content (AvgIpc) is 2.75. The third-order valence-electron chi connectivity index (χ3n) is 6.05. The number of nitrogens with one attached hydrogen (secondary N) is 1. The molecule has 3 atom stereocenters. The fourth-order valence-corrected chi connectivity index (χ4v) is 4.67. The Morgan fingerprint density at radius 2 is 1.68 bits per heavy atom. The van der Waals surface area contributed by atoms with Crippen LogP contribution in [0.1, 0.15) is 17.0 Å². The van der Waals surface area contributed by atoms with Gasteiger partial charge in [0.25, 0.3) is 0 Å². The molecule has 3 saturated heterocycles. The summed E-state index contributed by atoms with van der Waals surface area (Å²) < 4.78 is 5.36. The van der Waals surface area contributed by atoms with Crippen LogP contribution >= 0.6 is 0 Å². The highest BCUT2D eigenvalue weighted by Crippen LogP contribution is 2.38. The topological polar surface area (TPSA) is 37.4 Å². The van der Waals surface area contributed by atoms with Gasteiger partial charge in [0.1, 0.15) is 5.75 Å². The number of hydrogen-bond acceptors (Lipinski definition) is 4. The Kier molecular flexibility index (Phi) is 4.59. The van der Waals surface area contributed by atoms with E-state index in [4.69, 9.17) is 4.74 Å². The van der Waals surface area contributed by atoms with Crippen molar-refractivity contribution in [3.8, 4) is 16.9 Å². The summed E-state index contributed by atoms with van der Waals surface area (Å²) in [6.07, 6.45) is 3.70. The molecule has 4 heterocycles. The van der Waals surface area contributed by atoms with E-state index in [1.165, 1.54) is 22.3 Å². The quantitative estimate of drug-likeness (QED) is 0.742. The minimum absolute atomic E-state index is 0.538. The van der Waals surface area contributed by atoms with Crippen LogP contribution in [-0.4, -0.2) is 42.2 Å². The van der Waals surface area contributed by atoms with Gasteiger partial charge in [-0.25, -0.2) is 0 Å². The van der Waals surface area contributed by atoms with Gasteiger partial charge in [-0.2, -0.15) is 0 Å². The predicted molar refractivity (Wildman–Crippen MR) is 111 cm³/mol. The molecule has 3 aliphatic heterocycles. The van der Waals surface area contributed by atoms with E-state index in [0.717, 1.165) is 25.4 Å². The van der Waals surface area contributed by atoms with Crippen molar-refractivity contribution >= 4 is 0 Å². The van der Waals surface area contributed by atoms with Gasteiger partial charge in [-0.15, -0.1) is 0 Å². The second-order valence-electron chi connectivity index (χ2n) is 7.81. The lowest BCUT2D eigenvalue weighted by molar-refractivity contribution is 0.0470. The maximum Gasteiger partial charge on any atom is 0.119 e. The lowest BCUT2D eigenvalue weighted by atomic mass is 9.74. The van der Waals surface area contributed by atoms with Gasteiger partial charge in [-0.1, -0.05) is 36.4 Å². The van der Waals surface area contributed by atoms with Crippen molar-refractivity contribution in [1.29, 1.82) is 0 Å². The highest BCUT2D eigenvalue weighted by atomic mass is 16.5. The van der Waals surface area contributed by atoms with Gasteiger partial charge in [-0.3, -0.25) is 9.88 Å². The normalized spacial score (nSPS) is 23.8. The van der Waals surface area contributed by atoms with Crippen molar-refractivity contribution in [2.75, 3.05) is 20.2 Å². The second kappa shape index (κ2) is 7.38. The maximum absolute atomic E-state index is 5.36. The largest absolute Gasteiger partial charge is 0.497 e. The maximum atomic E-state index is 5.36. The molecule has 0 saturated carbocycles. The summed E-state index contributed by atoms with van der Waals surface area (Å²) in [7, 11) is 1.73. The SMILES string of the molecule is COc1cccc(CN2C[C@@H]3N[C@H](C2)C3c2ccc(-c3ccncc3)cc2)c1. The molecule has 3 aliphatic rings. The van der Waals surface area contributed by atoms with E-state index in [1.807, 2.05) is 18.5 Å². The summed E-state index contributed by atoms with van der Waals surface area (Å²) in [6, 6.07) is 22.7. The highest BCUT2D eigenvalue weighted by molar-refractivity contribution is 5.63. The van der Waals surface area contributed by atoms with Crippen molar-refractivity contribution in [2.24, 2.45) is 0 Å². The van der Waals surface area contributed by atoms with E-state index in [0.29, 0.717) is 18.0 Å². The Bertz CT molecular complexity index is 930. The van der Waals surface area contributed by atoms with E-state index in [2.05, 4.69) is 69.8 Å². The summed E-state index contributed by atoms with van der Waals surface area (Å²) in [5.41, 5.74) is 5.24. The number of methoxy groups -OCH3 is 1. The van der Waals surface area contributed by atoms with Gasteiger partial charge in [0.15, 0.2) is 0 Å². The number of benzene rings is 2. The first kappa shape index (κ1) is 17.4. The number of pyridine rings is 1. The van der Waals surface area contributed by atoms with E-state index < -0.39 is 0 Å². The molecule has 142 valence electrons. The van der Waals surface area contributed by atoms with Crippen molar-refractivity contribution in [2.45, 2.75) is 24.5 Å². The molecule has 0 amide bonds. The summed E-state index contributed by atoms with van der Waals surface area (Å²) >= 11 is 0. The molecular formula is C24H25N3O. The van der Waals surface area contributed by atoms with E-state index in [9.17, 15) is 0 Å². The van der Waals surface area contributed by atoms with Gasteiger partial charge in [0.2, 0.25) is 0 Å². The molecule has 1 N–H and O–H groups in total. The molecule has 4 nitrogen and oxygen atoms in total. The first-order chi connectivity index (χ1) is 13.8. The molecular weight excluding hydrogens is 346 g/mol. The number of piperidine rings is 1. The van der Waals surface area contributed by atoms with Gasteiger partial charge >= 0.3 is 0 Å². The smallest absolute Gasteiger partial charge is 0.119 e. The first-order valence-corrected chi connectivity index (χ1v) is 9.92. The van der Waals surface area contributed by atoms with Crippen LogP contribution in [0.4, 0.5) is 0 Å². The highest BCUT2D eigenvalue weighted by Gasteiger charge is 2.46. The van der Waals surface area contributed by atoms with E-state index in [1.54, 1.807) is 7.11 Å². The van der Waals surface area contributed by atoms with E-state index >= 15 is 0 Å².